The van der Waals surface area contributed by atoms with Crippen LogP contribution in [0.5, 0.6) is 0 Å². The van der Waals surface area contributed by atoms with Crippen molar-refractivity contribution >= 4 is 17.8 Å². The number of hydrogen-bond donors (Lipinski definition) is 1. The maximum absolute atomic E-state index is 5.90. The number of hydrogen-bond acceptors (Lipinski definition) is 11. The zero-order valence-corrected chi connectivity index (χ0v) is 44.0. The number of likely N-dealkylation sites (tertiary alicyclic amines) is 4. The Balaban J connectivity index is 1.76. The minimum Gasteiger partial charge on any atom is -0.354 e. The van der Waals surface area contributed by atoms with Crippen LogP contribution in [0.4, 0.5) is 17.8 Å². The molecule has 4 fully saturated rings. The van der Waals surface area contributed by atoms with E-state index in [0.29, 0.717) is 0 Å². The Morgan fingerprint density at radius 2 is 0.689 bits per heavy atom. The van der Waals surface area contributed by atoms with E-state index in [4.69, 9.17) is 15.0 Å². The monoisotopic (exact) mass is 852 g/mol. The smallest absolute Gasteiger partial charge is 0.232 e. The molecule has 0 unspecified atom stereocenters. The minimum absolute atomic E-state index is 0.00510. The highest BCUT2D eigenvalue weighted by atomic mass is 15.4. The van der Waals surface area contributed by atoms with Gasteiger partial charge in [0.1, 0.15) is 0 Å². The third kappa shape index (κ3) is 10.4. The molecular formula is C50H97N11. The molecule has 0 spiro atoms. The third-order valence-electron chi connectivity index (χ3n) is 17.6. The van der Waals surface area contributed by atoms with E-state index >= 15 is 0 Å². The second-order valence-electron chi connectivity index (χ2n) is 25.4. The molecule has 11 nitrogen and oxygen atoms in total. The Labute approximate surface area is 376 Å². The number of piperidine rings is 4. The van der Waals surface area contributed by atoms with E-state index in [-0.39, 0.29) is 68.5 Å². The van der Waals surface area contributed by atoms with Crippen LogP contribution in [0.2, 0.25) is 0 Å². The topological polar surface area (TPSA) is 73.4 Å². The first-order chi connectivity index (χ1) is 27.7. The van der Waals surface area contributed by atoms with Gasteiger partial charge in [0.2, 0.25) is 17.8 Å². The van der Waals surface area contributed by atoms with Crippen LogP contribution >= 0.6 is 0 Å². The molecule has 1 aromatic heterocycles. The van der Waals surface area contributed by atoms with Gasteiger partial charge in [-0.05, 0) is 216 Å². The molecule has 352 valence electrons. The minimum atomic E-state index is 0.00510. The molecule has 0 saturated carbocycles. The van der Waals surface area contributed by atoms with Crippen LogP contribution in [-0.2, 0) is 0 Å². The third-order valence-corrected chi connectivity index (χ3v) is 17.6. The highest BCUT2D eigenvalue weighted by Crippen LogP contribution is 2.48. The first kappa shape index (κ1) is 50.2. The molecule has 0 aliphatic carbocycles. The van der Waals surface area contributed by atoms with Gasteiger partial charge in [0.15, 0.2) is 0 Å². The Hall–Kier alpha value is -1.79. The molecule has 4 aliphatic heterocycles. The Morgan fingerprint density at radius 1 is 0.443 bits per heavy atom. The summed E-state index contributed by atoms with van der Waals surface area (Å²) in [6.07, 6.45) is 9.42. The van der Waals surface area contributed by atoms with E-state index in [2.05, 4.69) is 192 Å². The fourth-order valence-corrected chi connectivity index (χ4v) is 13.0. The summed E-state index contributed by atoms with van der Waals surface area (Å²) in [5, 5.41) is 3.83. The summed E-state index contributed by atoms with van der Waals surface area (Å²) in [4.78, 5) is 35.6. The van der Waals surface area contributed by atoms with Crippen molar-refractivity contribution in [1.29, 1.82) is 0 Å². The Bertz CT molecular complexity index is 1380. The summed E-state index contributed by atoms with van der Waals surface area (Å²) in [7, 11) is 9.32. The number of nitrogens with zero attached hydrogens (tertiary/aromatic N) is 10. The normalized spacial score (nSPS) is 27.3. The molecule has 0 bridgehead atoms. The van der Waals surface area contributed by atoms with Crippen LogP contribution in [0.25, 0.3) is 0 Å². The van der Waals surface area contributed by atoms with Gasteiger partial charge in [-0.1, -0.05) is 13.8 Å². The molecule has 0 amide bonds. The van der Waals surface area contributed by atoms with Crippen molar-refractivity contribution < 1.29 is 0 Å². The van der Waals surface area contributed by atoms with Crippen LogP contribution in [-0.4, -0.2) is 162 Å². The van der Waals surface area contributed by atoms with E-state index in [0.717, 1.165) is 102 Å². The molecule has 11 heteroatoms. The Morgan fingerprint density at radius 3 is 0.918 bits per heavy atom. The van der Waals surface area contributed by atoms with Crippen LogP contribution in [0, 0.1) is 0 Å². The van der Waals surface area contributed by atoms with Crippen LogP contribution in [0.15, 0.2) is 0 Å². The summed E-state index contributed by atoms with van der Waals surface area (Å²) < 4.78 is 0. The highest BCUT2D eigenvalue weighted by Gasteiger charge is 2.53. The second-order valence-corrected chi connectivity index (χ2v) is 25.4. The average molecular weight is 852 g/mol. The largest absolute Gasteiger partial charge is 0.354 e. The zero-order chi connectivity index (χ0) is 46.1. The van der Waals surface area contributed by atoms with Crippen molar-refractivity contribution in [3.05, 3.63) is 0 Å². The maximum Gasteiger partial charge on any atom is 0.232 e. The van der Waals surface area contributed by atoms with Crippen LogP contribution in [0.3, 0.4) is 0 Å². The summed E-state index contributed by atoms with van der Waals surface area (Å²) in [6.45, 7) is 47.6. The highest BCUT2D eigenvalue weighted by molar-refractivity contribution is 5.49. The number of rotatable bonds is 13. The maximum atomic E-state index is 5.90. The molecule has 0 atom stereocenters. The van der Waals surface area contributed by atoms with E-state index in [1.54, 1.807) is 0 Å². The first-order valence-corrected chi connectivity index (χ1v) is 24.5. The van der Waals surface area contributed by atoms with Crippen molar-refractivity contribution in [2.75, 3.05) is 69.5 Å². The number of nitrogens with one attached hydrogen (secondary N) is 1. The van der Waals surface area contributed by atoms with Gasteiger partial charge in [0.25, 0.3) is 0 Å². The number of anilines is 3. The van der Waals surface area contributed by atoms with Gasteiger partial charge >= 0.3 is 0 Å². The first-order valence-electron chi connectivity index (χ1n) is 24.5. The fraction of sp³-hybridized carbons (Fsp3) is 0.940. The van der Waals surface area contributed by atoms with Crippen LogP contribution < -0.4 is 15.1 Å². The zero-order valence-electron chi connectivity index (χ0n) is 44.0. The van der Waals surface area contributed by atoms with Gasteiger partial charge < -0.3 is 20.0 Å². The fourth-order valence-electron chi connectivity index (χ4n) is 13.0. The molecule has 4 aliphatic rings. The van der Waals surface area contributed by atoms with Crippen molar-refractivity contribution in [3.63, 3.8) is 0 Å². The molecule has 0 radical (unpaired) electrons. The lowest BCUT2D eigenvalue weighted by Crippen LogP contribution is -2.68. The summed E-state index contributed by atoms with van der Waals surface area (Å²) in [5.74, 6) is 2.45. The van der Waals surface area contributed by atoms with Gasteiger partial charge in [-0.25, -0.2) is 0 Å². The predicted molar refractivity (Wildman–Crippen MR) is 261 cm³/mol. The van der Waals surface area contributed by atoms with Crippen molar-refractivity contribution in [3.8, 4) is 0 Å². The van der Waals surface area contributed by atoms with Gasteiger partial charge in [0.05, 0.1) is 0 Å². The molecule has 5 heterocycles. The van der Waals surface area contributed by atoms with E-state index in [1.807, 2.05) is 0 Å². The molecule has 4 saturated heterocycles. The van der Waals surface area contributed by atoms with E-state index in [9.17, 15) is 0 Å². The predicted octanol–water partition coefficient (Wildman–Crippen LogP) is 9.23. The quantitative estimate of drug-likeness (QED) is 0.193. The summed E-state index contributed by atoms with van der Waals surface area (Å²) >= 11 is 0. The van der Waals surface area contributed by atoms with E-state index in [1.165, 1.54) is 0 Å². The lowest BCUT2D eigenvalue weighted by atomic mass is 9.73. The molecule has 1 aromatic rings. The summed E-state index contributed by atoms with van der Waals surface area (Å²) in [6, 6.07) is 1.07. The lowest BCUT2D eigenvalue weighted by Gasteiger charge is -2.60. The van der Waals surface area contributed by atoms with Crippen molar-refractivity contribution in [2.24, 2.45) is 0 Å². The number of aromatic nitrogens is 3. The van der Waals surface area contributed by atoms with Gasteiger partial charge in [-0.15, -0.1) is 0 Å². The SMILES string of the molecule is CCN(CC)CCCNc1nc(N(C2CC(C)(C)N(C)C(C)(C)C2)C2CC(C)(C)N(C)C(C)(C)C2)nc(N(C2CC(C)(C)N(C)C(C)(C)C2)C2CC(C)(C)N(C)C(C)(C)C2)n1. The van der Waals surface area contributed by atoms with E-state index < -0.39 is 0 Å². The van der Waals surface area contributed by atoms with Crippen LogP contribution in [0.1, 0.15) is 182 Å². The molecule has 61 heavy (non-hydrogen) atoms. The summed E-state index contributed by atoms with van der Waals surface area (Å²) in [5.41, 5.74) is 0.0408. The molecule has 5 rings (SSSR count). The molecular weight excluding hydrogens is 755 g/mol. The van der Waals surface area contributed by atoms with Gasteiger partial charge in [-0.3, -0.25) is 19.6 Å². The average Bonchev–Trinajstić information content (AvgIpc) is 3.10. The van der Waals surface area contributed by atoms with Gasteiger partial charge in [-0.2, -0.15) is 15.0 Å². The van der Waals surface area contributed by atoms with Gasteiger partial charge in [0, 0.05) is 75.0 Å². The Kier molecular flexibility index (Phi) is 14.2. The second kappa shape index (κ2) is 17.2. The van der Waals surface area contributed by atoms with Crippen molar-refractivity contribution in [2.45, 2.75) is 251 Å². The standard InChI is InChI=1S/C50H97N11/c1-23-59(24-2)27-25-26-51-40-52-41(60(36-28-43(3,4)55(19)44(5,6)29-36)37-30-45(7,8)56(20)46(9,10)31-37)54-42(53-40)61(38-32-47(11,12)57(21)48(13,14)33-38)39-34-49(15,16)58(22)50(17,18)35-39/h36-39H,23-35H2,1-22H3,(H,51,52,53,54). The molecule has 1 N–H and O–H groups in total. The lowest BCUT2D eigenvalue weighted by molar-refractivity contribution is -0.0314. The molecule has 0 aromatic carbocycles. The van der Waals surface area contributed by atoms with Crippen molar-refractivity contribution in [1.82, 2.24) is 39.5 Å².